The smallest absolute Gasteiger partial charge is 0.377 e. The molecule has 2 aromatic carbocycles. The van der Waals surface area contributed by atoms with E-state index in [9.17, 15) is 9.46 Å². The van der Waals surface area contributed by atoms with Crippen LogP contribution in [0.15, 0.2) is 60.7 Å². The van der Waals surface area contributed by atoms with Gasteiger partial charge in [-0.1, -0.05) is 60.7 Å². The van der Waals surface area contributed by atoms with E-state index in [-0.39, 0.29) is 26.4 Å². The third-order valence-electron chi connectivity index (χ3n) is 3.93. The first-order valence-electron chi connectivity index (χ1n) is 10.2. The molecular formula is C22H31O8P. The van der Waals surface area contributed by atoms with Crippen molar-refractivity contribution in [2.75, 3.05) is 52.9 Å². The van der Waals surface area contributed by atoms with Crippen LogP contribution in [0.3, 0.4) is 0 Å². The first kappa shape index (κ1) is 25.6. The van der Waals surface area contributed by atoms with E-state index in [0.29, 0.717) is 39.6 Å². The highest BCUT2D eigenvalue weighted by Crippen LogP contribution is 2.42. The van der Waals surface area contributed by atoms with Crippen LogP contribution in [0.2, 0.25) is 0 Å². The summed E-state index contributed by atoms with van der Waals surface area (Å²) in [5.41, 5.74) is 2.18. The van der Waals surface area contributed by atoms with Crippen LogP contribution in [-0.4, -0.2) is 57.7 Å². The maximum Gasteiger partial charge on any atom is 0.472 e. The van der Waals surface area contributed by atoms with Crippen molar-refractivity contribution in [3.05, 3.63) is 71.8 Å². The summed E-state index contributed by atoms with van der Waals surface area (Å²) in [4.78, 5) is 9.60. The molecule has 0 saturated heterocycles. The summed E-state index contributed by atoms with van der Waals surface area (Å²) < 4.78 is 43.0. The van der Waals surface area contributed by atoms with Crippen LogP contribution in [0, 0.1) is 0 Å². The zero-order chi connectivity index (χ0) is 22.0. The summed E-state index contributed by atoms with van der Waals surface area (Å²) >= 11 is 0. The zero-order valence-electron chi connectivity index (χ0n) is 17.6. The molecule has 8 nitrogen and oxygen atoms in total. The fourth-order valence-corrected chi connectivity index (χ4v) is 3.11. The molecule has 0 fully saturated rings. The topological polar surface area (TPSA) is 92.7 Å². The lowest BCUT2D eigenvalue weighted by Crippen LogP contribution is -2.11. The van der Waals surface area contributed by atoms with Gasteiger partial charge in [0.25, 0.3) is 0 Å². The fourth-order valence-electron chi connectivity index (χ4n) is 2.43. The average molecular weight is 454 g/mol. The minimum absolute atomic E-state index is 0.0549. The van der Waals surface area contributed by atoms with Crippen molar-refractivity contribution >= 4 is 7.82 Å². The number of phosphoric acid groups is 1. The van der Waals surface area contributed by atoms with E-state index in [0.717, 1.165) is 11.1 Å². The van der Waals surface area contributed by atoms with Gasteiger partial charge in [-0.05, 0) is 11.1 Å². The Hall–Kier alpha value is -1.61. The molecule has 0 radical (unpaired) electrons. The van der Waals surface area contributed by atoms with Crippen molar-refractivity contribution in [3.63, 3.8) is 0 Å². The molecule has 0 aliphatic rings. The molecule has 0 aliphatic heterocycles. The Bertz CT molecular complexity index is 669. The van der Waals surface area contributed by atoms with Gasteiger partial charge in [0.15, 0.2) is 0 Å². The molecule has 0 spiro atoms. The Balaban J connectivity index is 1.36. The molecule has 0 heterocycles. The molecule has 2 aromatic rings. The minimum Gasteiger partial charge on any atom is -0.377 e. The second-order valence-corrected chi connectivity index (χ2v) is 7.89. The minimum atomic E-state index is -4.12. The molecule has 0 amide bonds. The van der Waals surface area contributed by atoms with E-state index in [4.69, 9.17) is 28.0 Å². The highest BCUT2D eigenvalue weighted by atomic mass is 31.2. The van der Waals surface area contributed by atoms with Crippen LogP contribution in [0.25, 0.3) is 0 Å². The molecule has 9 heteroatoms. The van der Waals surface area contributed by atoms with Gasteiger partial charge >= 0.3 is 7.82 Å². The fraction of sp³-hybridized carbons (Fsp3) is 0.455. The second kappa shape index (κ2) is 16.1. The third kappa shape index (κ3) is 13.4. The van der Waals surface area contributed by atoms with Crippen LogP contribution in [0.4, 0.5) is 0 Å². The van der Waals surface area contributed by atoms with Crippen molar-refractivity contribution in [1.82, 2.24) is 0 Å². The number of rotatable bonds is 18. The SMILES string of the molecule is O=P(O)(OCCOCCOCc1ccccc1)OCCOCCOCc1ccccc1. The molecular weight excluding hydrogens is 423 g/mol. The van der Waals surface area contributed by atoms with Crippen LogP contribution >= 0.6 is 7.82 Å². The number of hydrogen-bond acceptors (Lipinski definition) is 7. The van der Waals surface area contributed by atoms with Gasteiger partial charge in [-0.25, -0.2) is 4.57 Å². The predicted molar refractivity (Wildman–Crippen MR) is 116 cm³/mol. The van der Waals surface area contributed by atoms with Crippen LogP contribution in [-0.2, 0) is 45.8 Å². The van der Waals surface area contributed by atoms with Gasteiger partial charge in [0.1, 0.15) is 0 Å². The van der Waals surface area contributed by atoms with Crippen LogP contribution in [0.1, 0.15) is 11.1 Å². The number of benzene rings is 2. The van der Waals surface area contributed by atoms with E-state index in [1.165, 1.54) is 0 Å². The Kier molecular flexibility index (Phi) is 13.3. The first-order chi connectivity index (χ1) is 15.2. The highest BCUT2D eigenvalue weighted by molar-refractivity contribution is 7.47. The number of hydrogen-bond donors (Lipinski definition) is 1. The van der Waals surface area contributed by atoms with Crippen molar-refractivity contribution in [1.29, 1.82) is 0 Å². The van der Waals surface area contributed by atoms with E-state index < -0.39 is 7.82 Å². The quantitative estimate of drug-likeness (QED) is 0.270. The summed E-state index contributed by atoms with van der Waals surface area (Å²) in [5, 5.41) is 0. The van der Waals surface area contributed by atoms with Gasteiger partial charge in [-0.3, -0.25) is 9.05 Å². The lowest BCUT2D eigenvalue weighted by atomic mass is 10.2. The van der Waals surface area contributed by atoms with E-state index in [2.05, 4.69) is 0 Å². The largest absolute Gasteiger partial charge is 0.472 e. The van der Waals surface area contributed by atoms with Crippen LogP contribution in [0.5, 0.6) is 0 Å². The summed E-state index contributed by atoms with van der Waals surface area (Å²) in [6.45, 7) is 2.84. The van der Waals surface area contributed by atoms with Gasteiger partial charge < -0.3 is 23.8 Å². The molecule has 31 heavy (non-hydrogen) atoms. The Morgan fingerprint density at radius 2 is 0.903 bits per heavy atom. The van der Waals surface area contributed by atoms with Crippen LogP contribution < -0.4 is 0 Å². The standard InChI is InChI=1S/C22H31O8P/c23-31(24,29-17-15-25-11-13-27-19-21-7-3-1-4-8-21)30-18-16-26-12-14-28-20-22-9-5-2-6-10-22/h1-10H,11-20H2,(H,23,24). The van der Waals surface area contributed by atoms with Gasteiger partial charge in [0.05, 0.1) is 66.1 Å². The third-order valence-corrected chi connectivity index (χ3v) is 4.95. The molecule has 0 atom stereocenters. The molecule has 172 valence electrons. The maximum atomic E-state index is 11.7. The van der Waals surface area contributed by atoms with Crippen molar-refractivity contribution in [3.8, 4) is 0 Å². The lowest BCUT2D eigenvalue weighted by Gasteiger charge is -2.12. The van der Waals surface area contributed by atoms with Gasteiger partial charge in [-0.2, -0.15) is 0 Å². The maximum absolute atomic E-state index is 11.7. The van der Waals surface area contributed by atoms with Crippen molar-refractivity contribution < 1.29 is 37.5 Å². The van der Waals surface area contributed by atoms with E-state index in [1.54, 1.807) is 0 Å². The predicted octanol–water partition coefficient (Wildman–Crippen LogP) is 3.59. The Labute approximate surface area is 183 Å². The van der Waals surface area contributed by atoms with E-state index >= 15 is 0 Å². The van der Waals surface area contributed by atoms with Crippen molar-refractivity contribution in [2.45, 2.75) is 13.2 Å². The highest BCUT2D eigenvalue weighted by Gasteiger charge is 2.20. The summed E-state index contributed by atoms with van der Waals surface area (Å²) in [5.74, 6) is 0. The molecule has 1 N–H and O–H groups in total. The monoisotopic (exact) mass is 454 g/mol. The Morgan fingerprint density at radius 3 is 1.32 bits per heavy atom. The zero-order valence-corrected chi connectivity index (χ0v) is 18.5. The lowest BCUT2D eigenvalue weighted by molar-refractivity contribution is 0.0157. The molecule has 0 aromatic heterocycles. The number of ether oxygens (including phenoxy) is 4. The molecule has 0 saturated carbocycles. The van der Waals surface area contributed by atoms with Gasteiger partial charge in [-0.15, -0.1) is 0 Å². The second-order valence-electron chi connectivity index (χ2n) is 6.44. The Morgan fingerprint density at radius 1 is 0.548 bits per heavy atom. The van der Waals surface area contributed by atoms with E-state index in [1.807, 2.05) is 60.7 Å². The normalized spacial score (nSPS) is 11.6. The summed E-state index contributed by atoms with van der Waals surface area (Å²) in [7, 11) is -4.12. The molecule has 0 aliphatic carbocycles. The molecule has 0 bridgehead atoms. The molecule has 0 unspecified atom stereocenters. The number of phosphoric ester groups is 1. The molecule has 2 rings (SSSR count). The average Bonchev–Trinajstić information content (AvgIpc) is 2.78. The summed E-state index contributed by atoms with van der Waals surface area (Å²) in [6.07, 6.45) is 0. The summed E-state index contributed by atoms with van der Waals surface area (Å²) in [6, 6.07) is 19.7. The van der Waals surface area contributed by atoms with Gasteiger partial charge in [0.2, 0.25) is 0 Å². The van der Waals surface area contributed by atoms with Crippen molar-refractivity contribution in [2.24, 2.45) is 0 Å². The first-order valence-corrected chi connectivity index (χ1v) is 11.7. The van der Waals surface area contributed by atoms with Gasteiger partial charge in [0, 0.05) is 0 Å².